The van der Waals surface area contributed by atoms with Crippen molar-refractivity contribution in [1.29, 1.82) is 0 Å². The number of hydrogen-bond acceptors (Lipinski definition) is 4. The van der Waals surface area contributed by atoms with Crippen LogP contribution in [-0.2, 0) is 4.74 Å². The van der Waals surface area contributed by atoms with Crippen LogP contribution in [0.3, 0.4) is 0 Å². The third-order valence-corrected chi connectivity index (χ3v) is 4.35. The highest BCUT2D eigenvalue weighted by atomic mass is 79.9. The fourth-order valence-electron chi connectivity index (χ4n) is 2.36. The van der Waals surface area contributed by atoms with Gasteiger partial charge in [0.1, 0.15) is 11.6 Å². The van der Waals surface area contributed by atoms with Crippen molar-refractivity contribution in [3.8, 4) is 0 Å². The van der Waals surface area contributed by atoms with Crippen molar-refractivity contribution < 1.29 is 4.74 Å². The predicted octanol–water partition coefficient (Wildman–Crippen LogP) is 4.08. The summed E-state index contributed by atoms with van der Waals surface area (Å²) in [5.74, 6) is 2.72. The highest BCUT2D eigenvalue weighted by molar-refractivity contribution is 9.10. The molecule has 1 fully saturated rings. The van der Waals surface area contributed by atoms with E-state index in [1.807, 2.05) is 0 Å². The zero-order valence-corrected chi connectivity index (χ0v) is 14.2. The summed E-state index contributed by atoms with van der Waals surface area (Å²) >= 11 is 3.66. The van der Waals surface area contributed by atoms with Gasteiger partial charge in [-0.05, 0) is 41.1 Å². The molecule has 1 N–H and O–H groups in total. The summed E-state index contributed by atoms with van der Waals surface area (Å²) in [5.41, 5.74) is 1.10. The molecular formula is C15H24BrN3O. The minimum Gasteiger partial charge on any atom is -0.381 e. The van der Waals surface area contributed by atoms with Gasteiger partial charge in [0.15, 0.2) is 0 Å². The maximum absolute atomic E-state index is 5.44. The average Bonchev–Trinajstić information content (AvgIpc) is 2.46. The van der Waals surface area contributed by atoms with Crippen LogP contribution in [0.25, 0.3) is 0 Å². The lowest BCUT2D eigenvalue weighted by Crippen LogP contribution is -2.18. The van der Waals surface area contributed by atoms with E-state index >= 15 is 0 Å². The normalized spacial score (nSPS) is 16.6. The van der Waals surface area contributed by atoms with E-state index in [0.717, 1.165) is 60.8 Å². The smallest absolute Gasteiger partial charge is 0.144 e. The second-order valence-corrected chi connectivity index (χ2v) is 6.39. The summed E-state index contributed by atoms with van der Waals surface area (Å²) < 4.78 is 6.45. The van der Waals surface area contributed by atoms with Crippen LogP contribution in [0.5, 0.6) is 0 Å². The van der Waals surface area contributed by atoms with Crippen molar-refractivity contribution >= 4 is 21.7 Å². The van der Waals surface area contributed by atoms with Gasteiger partial charge in [-0.15, -0.1) is 0 Å². The first-order valence-electron chi connectivity index (χ1n) is 7.52. The third kappa shape index (κ3) is 3.70. The van der Waals surface area contributed by atoms with Gasteiger partial charge >= 0.3 is 0 Å². The minimum absolute atomic E-state index is 0.383. The van der Waals surface area contributed by atoms with Crippen LogP contribution in [0.4, 0.5) is 5.82 Å². The molecule has 112 valence electrons. The molecule has 2 heterocycles. The minimum atomic E-state index is 0.383. The fourth-order valence-corrected chi connectivity index (χ4v) is 3.14. The number of nitrogens with one attached hydrogen (secondary N) is 1. The Balaban J connectivity index is 2.32. The van der Waals surface area contributed by atoms with Crippen LogP contribution < -0.4 is 5.32 Å². The van der Waals surface area contributed by atoms with E-state index in [1.54, 1.807) is 0 Å². The van der Waals surface area contributed by atoms with Crippen LogP contribution in [0.2, 0.25) is 0 Å². The van der Waals surface area contributed by atoms with Crippen molar-refractivity contribution in [2.45, 2.75) is 51.9 Å². The van der Waals surface area contributed by atoms with Gasteiger partial charge in [0.05, 0.1) is 10.2 Å². The van der Waals surface area contributed by atoms with Crippen LogP contribution in [0.15, 0.2) is 4.47 Å². The molecule has 1 aliphatic heterocycles. The van der Waals surface area contributed by atoms with E-state index < -0.39 is 0 Å². The average molecular weight is 342 g/mol. The van der Waals surface area contributed by atoms with E-state index in [9.17, 15) is 0 Å². The van der Waals surface area contributed by atoms with Crippen molar-refractivity contribution in [1.82, 2.24) is 9.97 Å². The van der Waals surface area contributed by atoms with Crippen LogP contribution in [0, 0.1) is 0 Å². The summed E-state index contributed by atoms with van der Waals surface area (Å²) in [6.45, 7) is 9.07. The van der Waals surface area contributed by atoms with E-state index in [0.29, 0.717) is 11.8 Å². The summed E-state index contributed by atoms with van der Waals surface area (Å²) in [4.78, 5) is 9.56. The van der Waals surface area contributed by atoms with Gasteiger partial charge < -0.3 is 10.1 Å². The van der Waals surface area contributed by atoms with Crippen LogP contribution in [0.1, 0.15) is 63.4 Å². The van der Waals surface area contributed by atoms with Crippen molar-refractivity contribution in [3.63, 3.8) is 0 Å². The quantitative estimate of drug-likeness (QED) is 0.876. The number of aromatic nitrogens is 2. The summed E-state index contributed by atoms with van der Waals surface area (Å²) in [5, 5.41) is 3.41. The molecule has 0 bridgehead atoms. The zero-order chi connectivity index (χ0) is 14.5. The highest BCUT2D eigenvalue weighted by Crippen LogP contribution is 2.32. The Morgan fingerprint density at radius 1 is 1.30 bits per heavy atom. The Bertz CT molecular complexity index is 445. The summed E-state index contributed by atoms with van der Waals surface area (Å²) in [7, 11) is 0. The molecule has 0 atom stereocenters. The molecule has 4 nitrogen and oxygen atoms in total. The second-order valence-electron chi connectivity index (χ2n) is 5.60. The van der Waals surface area contributed by atoms with E-state index in [-0.39, 0.29) is 0 Å². The molecule has 0 unspecified atom stereocenters. The maximum atomic E-state index is 5.44. The van der Waals surface area contributed by atoms with Crippen LogP contribution >= 0.6 is 15.9 Å². The van der Waals surface area contributed by atoms with Gasteiger partial charge in [-0.1, -0.05) is 20.8 Å². The van der Waals surface area contributed by atoms with E-state index in [4.69, 9.17) is 14.7 Å². The van der Waals surface area contributed by atoms with Gasteiger partial charge in [-0.25, -0.2) is 9.97 Å². The van der Waals surface area contributed by atoms with Gasteiger partial charge in [-0.2, -0.15) is 0 Å². The molecule has 0 saturated carbocycles. The van der Waals surface area contributed by atoms with E-state index in [1.165, 1.54) is 0 Å². The molecule has 0 spiro atoms. The Kier molecular flexibility index (Phi) is 5.78. The Morgan fingerprint density at radius 2 is 2.00 bits per heavy atom. The van der Waals surface area contributed by atoms with Crippen molar-refractivity contribution in [2.24, 2.45) is 0 Å². The Morgan fingerprint density at radius 3 is 2.60 bits per heavy atom. The van der Waals surface area contributed by atoms with Gasteiger partial charge in [0.2, 0.25) is 0 Å². The Hall–Kier alpha value is -0.680. The number of rotatable bonds is 5. The number of anilines is 1. The molecule has 5 heteroatoms. The zero-order valence-electron chi connectivity index (χ0n) is 12.6. The molecular weight excluding hydrogens is 318 g/mol. The number of nitrogens with zero attached hydrogens (tertiary/aromatic N) is 2. The molecule has 0 aliphatic carbocycles. The predicted molar refractivity (Wildman–Crippen MR) is 85.4 cm³/mol. The van der Waals surface area contributed by atoms with Gasteiger partial charge in [0, 0.05) is 25.7 Å². The first kappa shape index (κ1) is 15.7. The number of ether oxygens (including phenoxy) is 1. The number of halogens is 1. The van der Waals surface area contributed by atoms with E-state index in [2.05, 4.69) is 42.0 Å². The standard InChI is InChI=1S/C15H24BrN3O/c1-4-7-17-15-12(16)13(10(2)3)18-14(19-15)11-5-8-20-9-6-11/h10-11H,4-9H2,1-3H3,(H,17,18,19). The van der Waals surface area contributed by atoms with Crippen molar-refractivity contribution in [2.75, 3.05) is 25.1 Å². The molecule has 1 aliphatic rings. The SMILES string of the molecule is CCCNc1nc(C2CCOCC2)nc(C(C)C)c1Br. The molecule has 0 aromatic carbocycles. The van der Waals surface area contributed by atoms with Gasteiger partial charge in [-0.3, -0.25) is 0 Å². The summed E-state index contributed by atoms with van der Waals surface area (Å²) in [6.07, 6.45) is 3.12. The second kappa shape index (κ2) is 7.36. The van der Waals surface area contributed by atoms with Gasteiger partial charge in [0.25, 0.3) is 0 Å². The molecule has 1 aromatic heterocycles. The number of hydrogen-bond donors (Lipinski definition) is 1. The lowest BCUT2D eigenvalue weighted by molar-refractivity contribution is 0.0835. The first-order valence-corrected chi connectivity index (χ1v) is 8.31. The maximum Gasteiger partial charge on any atom is 0.144 e. The molecule has 0 amide bonds. The molecule has 20 heavy (non-hydrogen) atoms. The monoisotopic (exact) mass is 341 g/mol. The topological polar surface area (TPSA) is 47.0 Å². The molecule has 1 aromatic rings. The third-order valence-electron chi connectivity index (χ3n) is 3.57. The largest absolute Gasteiger partial charge is 0.381 e. The first-order chi connectivity index (χ1) is 9.63. The lowest BCUT2D eigenvalue weighted by atomic mass is 9.99. The molecule has 1 saturated heterocycles. The van der Waals surface area contributed by atoms with Crippen molar-refractivity contribution in [3.05, 3.63) is 16.0 Å². The molecule has 2 rings (SSSR count). The Labute approximate surface area is 129 Å². The molecule has 0 radical (unpaired) electrons. The highest BCUT2D eigenvalue weighted by Gasteiger charge is 2.22. The fraction of sp³-hybridized carbons (Fsp3) is 0.733. The lowest BCUT2D eigenvalue weighted by Gasteiger charge is -2.23. The van der Waals surface area contributed by atoms with Crippen LogP contribution in [-0.4, -0.2) is 29.7 Å². The summed E-state index contributed by atoms with van der Waals surface area (Å²) in [6, 6.07) is 0.